The predicted molar refractivity (Wildman–Crippen MR) is 126 cm³/mol. The molecule has 1 fully saturated rings. The molecule has 1 aliphatic rings. The fourth-order valence-corrected chi connectivity index (χ4v) is 5.01. The second-order valence-electron chi connectivity index (χ2n) is 7.65. The van der Waals surface area contributed by atoms with Crippen LogP contribution in [0.4, 0.5) is 5.13 Å². The number of carbonyl (C=O) groups excluding carboxylic acids is 2. The molecule has 0 spiro atoms. The maximum atomic E-state index is 13.3. The highest BCUT2D eigenvalue weighted by Crippen LogP contribution is 2.44. The van der Waals surface area contributed by atoms with Crippen LogP contribution in [0.3, 0.4) is 0 Å². The van der Waals surface area contributed by atoms with E-state index >= 15 is 0 Å². The Balaban J connectivity index is 1.72. The minimum Gasteiger partial charge on any atom is -0.507 e. The van der Waals surface area contributed by atoms with Gasteiger partial charge in [-0.15, -0.1) is 0 Å². The number of aliphatic hydroxyl groups is 1. The summed E-state index contributed by atoms with van der Waals surface area (Å²) in [6.07, 6.45) is 3.03. The van der Waals surface area contributed by atoms with Gasteiger partial charge in [0.2, 0.25) is 0 Å². The molecular weight excluding hydrogens is 438 g/mol. The van der Waals surface area contributed by atoms with Gasteiger partial charge in [0, 0.05) is 18.0 Å². The quantitative estimate of drug-likeness (QED) is 0.273. The molecule has 1 amide bonds. The van der Waals surface area contributed by atoms with E-state index in [0.717, 1.165) is 15.8 Å². The van der Waals surface area contributed by atoms with Crippen LogP contribution in [-0.4, -0.2) is 33.9 Å². The van der Waals surface area contributed by atoms with Gasteiger partial charge in [0.05, 0.1) is 28.9 Å². The average Bonchev–Trinajstić information content (AvgIpc) is 3.37. The van der Waals surface area contributed by atoms with E-state index in [9.17, 15) is 14.7 Å². The molecule has 5 rings (SSSR count). The number of rotatable bonds is 4. The van der Waals surface area contributed by atoms with Crippen molar-refractivity contribution in [2.75, 3.05) is 12.0 Å². The molecule has 0 saturated carbocycles. The highest BCUT2D eigenvalue weighted by atomic mass is 32.1. The number of ketones is 1. The summed E-state index contributed by atoms with van der Waals surface area (Å²) in [5, 5.41) is 11.5. The minimum atomic E-state index is -0.842. The van der Waals surface area contributed by atoms with Gasteiger partial charge in [-0.05, 0) is 54.4 Å². The zero-order valence-corrected chi connectivity index (χ0v) is 18.7. The van der Waals surface area contributed by atoms with E-state index in [-0.39, 0.29) is 11.3 Å². The van der Waals surface area contributed by atoms with Crippen molar-refractivity contribution in [3.63, 3.8) is 0 Å². The number of pyridine rings is 1. The molecule has 1 saturated heterocycles. The van der Waals surface area contributed by atoms with Crippen molar-refractivity contribution in [2.24, 2.45) is 0 Å². The lowest BCUT2D eigenvalue weighted by atomic mass is 9.95. The third kappa shape index (κ3) is 3.54. The van der Waals surface area contributed by atoms with Crippen molar-refractivity contribution in [1.29, 1.82) is 0 Å². The number of methoxy groups -OCH3 is 1. The third-order valence-electron chi connectivity index (χ3n) is 5.57. The van der Waals surface area contributed by atoms with Crippen LogP contribution in [-0.2, 0) is 9.59 Å². The van der Waals surface area contributed by atoms with E-state index in [1.54, 1.807) is 43.5 Å². The first-order chi connectivity index (χ1) is 16.0. The van der Waals surface area contributed by atoms with Crippen LogP contribution >= 0.6 is 11.3 Å². The van der Waals surface area contributed by atoms with Crippen LogP contribution in [0.2, 0.25) is 0 Å². The number of thiazole rings is 1. The van der Waals surface area contributed by atoms with Crippen molar-refractivity contribution in [2.45, 2.75) is 13.0 Å². The fourth-order valence-electron chi connectivity index (χ4n) is 3.92. The Kier molecular flexibility index (Phi) is 5.14. The maximum absolute atomic E-state index is 13.3. The van der Waals surface area contributed by atoms with Crippen LogP contribution < -0.4 is 9.64 Å². The maximum Gasteiger partial charge on any atom is 0.301 e. The first-order valence-electron chi connectivity index (χ1n) is 10.2. The number of hydrogen-bond donors (Lipinski definition) is 1. The number of ether oxygens (including phenoxy) is 1. The standard InChI is InChI=1S/C25H19N3O4S/c1-14-3-8-18-19(13-14)33-25(27-18)28-21(15-4-6-17(32-2)7-5-15)20(23(30)24(28)31)22(29)16-9-11-26-12-10-16/h3-13,21,29H,1-2H3. The number of benzene rings is 2. The Morgan fingerprint density at radius 3 is 2.48 bits per heavy atom. The van der Waals surface area contributed by atoms with Crippen LogP contribution in [0.15, 0.2) is 72.6 Å². The van der Waals surface area contributed by atoms with Gasteiger partial charge < -0.3 is 9.84 Å². The lowest BCUT2D eigenvalue weighted by molar-refractivity contribution is -0.132. The van der Waals surface area contributed by atoms with Gasteiger partial charge in [-0.1, -0.05) is 29.5 Å². The van der Waals surface area contributed by atoms with Gasteiger partial charge in [-0.25, -0.2) is 4.98 Å². The highest BCUT2D eigenvalue weighted by molar-refractivity contribution is 7.22. The molecule has 8 heteroatoms. The van der Waals surface area contributed by atoms with Gasteiger partial charge in [0.15, 0.2) is 5.13 Å². The number of amides is 1. The SMILES string of the molecule is COc1ccc(C2C(=C(O)c3ccncc3)C(=O)C(=O)N2c2nc3ccc(C)cc3s2)cc1. The number of aryl methyl sites for hydroxylation is 1. The van der Waals surface area contributed by atoms with Gasteiger partial charge >= 0.3 is 5.91 Å². The van der Waals surface area contributed by atoms with Gasteiger partial charge in [-0.2, -0.15) is 0 Å². The third-order valence-corrected chi connectivity index (χ3v) is 6.59. The van der Waals surface area contributed by atoms with Crippen LogP contribution in [0.1, 0.15) is 22.7 Å². The first kappa shape index (κ1) is 20.8. The van der Waals surface area contributed by atoms with E-state index in [2.05, 4.69) is 9.97 Å². The van der Waals surface area contributed by atoms with Crippen molar-refractivity contribution < 1.29 is 19.4 Å². The topological polar surface area (TPSA) is 92.6 Å². The molecule has 1 aliphatic heterocycles. The normalized spacial score (nSPS) is 17.6. The van der Waals surface area contributed by atoms with E-state index in [1.165, 1.54) is 28.6 Å². The molecule has 1 N–H and O–H groups in total. The molecule has 1 unspecified atom stereocenters. The lowest BCUT2D eigenvalue weighted by Crippen LogP contribution is -2.29. The number of aromatic nitrogens is 2. The molecule has 0 aliphatic carbocycles. The summed E-state index contributed by atoms with van der Waals surface area (Å²) in [7, 11) is 1.56. The molecule has 33 heavy (non-hydrogen) atoms. The van der Waals surface area contributed by atoms with Crippen LogP contribution in [0.5, 0.6) is 5.75 Å². The number of hydrogen-bond acceptors (Lipinski definition) is 7. The van der Waals surface area contributed by atoms with Crippen molar-refractivity contribution >= 4 is 44.1 Å². The number of anilines is 1. The number of carbonyl (C=O) groups is 2. The zero-order chi connectivity index (χ0) is 23.1. The molecule has 1 atom stereocenters. The number of nitrogens with zero attached hydrogens (tertiary/aromatic N) is 3. The Hall–Kier alpha value is -4.04. The van der Waals surface area contributed by atoms with Gasteiger partial charge in [0.1, 0.15) is 11.5 Å². The number of Topliss-reactive ketones (excluding diaryl/α,β-unsaturated/α-hetero) is 1. The predicted octanol–water partition coefficient (Wildman–Crippen LogP) is 4.63. The second kappa shape index (κ2) is 8.14. The van der Waals surface area contributed by atoms with Crippen molar-refractivity contribution in [1.82, 2.24) is 9.97 Å². The lowest BCUT2D eigenvalue weighted by Gasteiger charge is -2.23. The largest absolute Gasteiger partial charge is 0.507 e. The van der Waals surface area contributed by atoms with E-state index < -0.39 is 17.7 Å². The monoisotopic (exact) mass is 457 g/mol. The summed E-state index contributed by atoms with van der Waals surface area (Å²) in [6, 6.07) is 15.2. The molecule has 7 nitrogen and oxygen atoms in total. The molecule has 0 bridgehead atoms. The summed E-state index contributed by atoms with van der Waals surface area (Å²) in [5.74, 6) is -1.11. The number of fused-ring (bicyclic) bond motifs is 1. The number of aliphatic hydroxyl groups excluding tert-OH is 1. The Bertz CT molecular complexity index is 1410. The summed E-state index contributed by atoms with van der Waals surface area (Å²) in [5.41, 5.74) is 2.88. The molecule has 3 heterocycles. The Morgan fingerprint density at radius 2 is 1.79 bits per heavy atom. The van der Waals surface area contributed by atoms with Crippen molar-refractivity contribution in [3.8, 4) is 5.75 Å². The summed E-state index contributed by atoms with van der Waals surface area (Å²) < 4.78 is 6.17. The molecule has 2 aromatic heterocycles. The Morgan fingerprint density at radius 1 is 1.06 bits per heavy atom. The Labute approximate surface area is 193 Å². The van der Waals surface area contributed by atoms with E-state index in [1.807, 2.05) is 25.1 Å². The second-order valence-corrected chi connectivity index (χ2v) is 8.65. The van der Waals surface area contributed by atoms with Gasteiger partial charge in [-0.3, -0.25) is 19.5 Å². The molecular formula is C25H19N3O4S. The molecule has 0 radical (unpaired) electrons. The fraction of sp³-hybridized carbons (Fsp3) is 0.120. The van der Waals surface area contributed by atoms with Crippen LogP contribution in [0.25, 0.3) is 16.0 Å². The smallest absolute Gasteiger partial charge is 0.301 e. The highest BCUT2D eigenvalue weighted by Gasteiger charge is 2.48. The molecule has 164 valence electrons. The summed E-state index contributed by atoms with van der Waals surface area (Å²) in [6.45, 7) is 1.98. The van der Waals surface area contributed by atoms with Gasteiger partial charge in [0.25, 0.3) is 5.78 Å². The minimum absolute atomic E-state index is 0.00630. The zero-order valence-electron chi connectivity index (χ0n) is 17.9. The van der Waals surface area contributed by atoms with Crippen LogP contribution in [0, 0.1) is 6.92 Å². The summed E-state index contributed by atoms with van der Waals surface area (Å²) >= 11 is 1.33. The van der Waals surface area contributed by atoms with Crippen molar-refractivity contribution in [3.05, 3.63) is 89.3 Å². The first-order valence-corrected chi connectivity index (χ1v) is 11.0. The van der Waals surface area contributed by atoms with E-state index in [4.69, 9.17) is 4.74 Å². The van der Waals surface area contributed by atoms with E-state index in [0.29, 0.717) is 22.0 Å². The average molecular weight is 458 g/mol. The molecule has 4 aromatic rings. The molecule has 2 aromatic carbocycles. The summed E-state index contributed by atoms with van der Waals surface area (Å²) in [4.78, 5) is 36.4.